The normalized spacial score (nSPS) is 15.2. The molecular formula is C16H25N3O. The highest BCUT2D eigenvalue weighted by molar-refractivity contribution is 5.73. The Labute approximate surface area is 121 Å². The van der Waals surface area contributed by atoms with Crippen LogP contribution in [0.1, 0.15) is 37.3 Å². The summed E-state index contributed by atoms with van der Waals surface area (Å²) in [7, 11) is 0. The quantitative estimate of drug-likeness (QED) is 0.838. The van der Waals surface area contributed by atoms with Gasteiger partial charge in [0.1, 0.15) is 0 Å². The summed E-state index contributed by atoms with van der Waals surface area (Å²) in [4.78, 5) is 14.1. The summed E-state index contributed by atoms with van der Waals surface area (Å²) in [5.41, 5.74) is 2.54. The molecule has 2 rings (SSSR count). The molecule has 0 bridgehead atoms. The number of nitrogens with zero attached hydrogens (tertiary/aromatic N) is 1. The highest BCUT2D eigenvalue weighted by Gasteiger charge is 2.13. The summed E-state index contributed by atoms with van der Waals surface area (Å²) < 4.78 is 0. The van der Waals surface area contributed by atoms with Crippen molar-refractivity contribution in [2.75, 3.05) is 19.6 Å². The Kier molecular flexibility index (Phi) is 5.87. The van der Waals surface area contributed by atoms with E-state index in [1.54, 1.807) is 0 Å². The number of hydrogen-bond acceptors (Lipinski definition) is 2. The standard InChI is InChI=1S/C16H25N3O/c1-2-9-17-16(20)18-12-14-7-3-4-8-15(14)13-19-10-5-6-11-19/h3-4,7-8H,2,5-6,9-13H2,1H3,(H2,17,18,20). The van der Waals surface area contributed by atoms with Crippen molar-refractivity contribution >= 4 is 6.03 Å². The summed E-state index contributed by atoms with van der Waals surface area (Å²) >= 11 is 0. The van der Waals surface area contributed by atoms with Gasteiger partial charge in [-0.05, 0) is 43.5 Å². The Morgan fingerprint density at radius 1 is 1.15 bits per heavy atom. The summed E-state index contributed by atoms with van der Waals surface area (Å²) in [5.74, 6) is 0. The highest BCUT2D eigenvalue weighted by atomic mass is 16.2. The monoisotopic (exact) mass is 275 g/mol. The van der Waals surface area contributed by atoms with Gasteiger partial charge >= 0.3 is 6.03 Å². The molecule has 110 valence electrons. The molecule has 2 amide bonds. The molecule has 0 radical (unpaired) electrons. The van der Waals surface area contributed by atoms with Gasteiger partial charge in [-0.3, -0.25) is 4.90 Å². The fourth-order valence-corrected chi connectivity index (χ4v) is 2.54. The summed E-state index contributed by atoms with van der Waals surface area (Å²) in [6.07, 6.45) is 3.57. The van der Waals surface area contributed by atoms with Crippen LogP contribution in [-0.2, 0) is 13.1 Å². The SMILES string of the molecule is CCCNC(=O)NCc1ccccc1CN1CCCC1. The molecule has 1 aliphatic rings. The van der Waals surface area contributed by atoms with Gasteiger partial charge in [0.05, 0.1) is 0 Å². The Balaban J connectivity index is 1.88. The van der Waals surface area contributed by atoms with E-state index in [0.29, 0.717) is 6.54 Å². The van der Waals surface area contributed by atoms with E-state index in [0.717, 1.165) is 19.5 Å². The first-order chi connectivity index (χ1) is 9.79. The molecule has 4 heteroatoms. The molecule has 0 aromatic heterocycles. The van der Waals surface area contributed by atoms with Crippen molar-refractivity contribution < 1.29 is 4.79 Å². The van der Waals surface area contributed by atoms with Crippen molar-refractivity contribution in [1.82, 2.24) is 15.5 Å². The fourth-order valence-electron chi connectivity index (χ4n) is 2.54. The van der Waals surface area contributed by atoms with Crippen LogP contribution in [0, 0.1) is 0 Å². The second kappa shape index (κ2) is 7.90. The van der Waals surface area contributed by atoms with Crippen LogP contribution in [0.2, 0.25) is 0 Å². The second-order valence-corrected chi connectivity index (χ2v) is 5.36. The highest BCUT2D eigenvalue weighted by Crippen LogP contribution is 2.15. The number of hydrogen-bond donors (Lipinski definition) is 2. The lowest BCUT2D eigenvalue weighted by molar-refractivity contribution is 0.240. The van der Waals surface area contributed by atoms with Crippen LogP contribution < -0.4 is 10.6 Å². The van der Waals surface area contributed by atoms with Crippen molar-refractivity contribution in [3.8, 4) is 0 Å². The van der Waals surface area contributed by atoms with Crippen LogP contribution >= 0.6 is 0 Å². The molecule has 0 spiro atoms. The number of amides is 2. The van der Waals surface area contributed by atoms with Crippen molar-refractivity contribution in [3.63, 3.8) is 0 Å². The van der Waals surface area contributed by atoms with E-state index in [1.165, 1.54) is 37.1 Å². The van der Waals surface area contributed by atoms with Gasteiger partial charge in [-0.15, -0.1) is 0 Å². The van der Waals surface area contributed by atoms with Gasteiger partial charge in [0, 0.05) is 19.6 Å². The largest absolute Gasteiger partial charge is 0.338 e. The van der Waals surface area contributed by atoms with Gasteiger partial charge in [-0.2, -0.15) is 0 Å². The first kappa shape index (κ1) is 14.9. The van der Waals surface area contributed by atoms with E-state index in [4.69, 9.17) is 0 Å². The minimum Gasteiger partial charge on any atom is -0.338 e. The number of rotatable bonds is 6. The molecule has 1 heterocycles. The van der Waals surface area contributed by atoms with E-state index >= 15 is 0 Å². The number of urea groups is 1. The molecule has 2 N–H and O–H groups in total. The molecule has 4 nitrogen and oxygen atoms in total. The fraction of sp³-hybridized carbons (Fsp3) is 0.562. The number of carbonyl (C=O) groups is 1. The summed E-state index contributed by atoms with van der Waals surface area (Å²) in [6, 6.07) is 8.30. The predicted molar refractivity (Wildman–Crippen MR) is 81.5 cm³/mol. The molecule has 1 fully saturated rings. The lowest BCUT2D eigenvalue weighted by Gasteiger charge is -2.17. The topological polar surface area (TPSA) is 44.4 Å². The Bertz CT molecular complexity index is 427. The van der Waals surface area contributed by atoms with Gasteiger partial charge in [0.15, 0.2) is 0 Å². The number of likely N-dealkylation sites (tertiary alicyclic amines) is 1. The molecule has 1 aromatic carbocycles. The molecular weight excluding hydrogens is 250 g/mol. The number of benzene rings is 1. The Morgan fingerprint density at radius 3 is 2.55 bits per heavy atom. The van der Waals surface area contributed by atoms with Gasteiger partial charge in [-0.25, -0.2) is 4.79 Å². The van der Waals surface area contributed by atoms with Crippen LogP contribution in [-0.4, -0.2) is 30.6 Å². The van der Waals surface area contributed by atoms with E-state index < -0.39 is 0 Å². The zero-order valence-corrected chi connectivity index (χ0v) is 12.3. The molecule has 1 aliphatic heterocycles. The Hall–Kier alpha value is -1.55. The maximum atomic E-state index is 11.6. The first-order valence-electron chi connectivity index (χ1n) is 7.60. The van der Waals surface area contributed by atoms with Crippen molar-refractivity contribution in [2.45, 2.75) is 39.3 Å². The summed E-state index contributed by atoms with van der Waals surface area (Å²) in [5, 5.41) is 5.77. The third kappa shape index (κ3) is 4.53. The van der Waals surface area contributed by atoms with Crippen LogP contribution in [0.5, 0.6) is 0 Å². The van der Waals surface area contributed by atoms with Crippen LogP contribution in [0.25, 0.3) is 0 Å². The average molecular weight is 275 g/mol. The van der Waals surface area contributed by atoms with Gasteiger partial charge in [0.2, 0.25) is 0 Å². The van der Waals surface area contributed by atoms with Gasteiger partial charge < -0.3 is 10.6 Å². The smallest absolute Gasteiger partial charge is 0.315 e. The van der Waals surface area contributed by atoms with Gasteiger partial charge in [0.25, 0.3) is 0 Å². The molecule has 0 saturated carbocycles. The first-order valence-corrected chi connectivity index (χ1v) is 7.60. The minimum absolute atomic E-state index is 0.0807. The van der Waals surface area contributed by atoms with E-state index in [1.807, 2.05) is 13.0 Å². The lowest BCUT2D eigenvalue weighted by atomic mass is 10.1. The molecule has 1 aromatic rings. The lowest BCUT2D eigenvalue weighted by Crippen LogP contribution is -2.35. The van der Waals surface area contributed by atoms with Crippen LogP contribution in [0.15, 0.2) is 24.3 Å². The van der Waals surface area contributed by atoms with E-state index in [-0.39, 0.29) is 6.03 Å². The average Bonchev–Trinajstić information content (AvgIpc) is 2.97. The molecule has 1 saturated heterocycles. The van der Waals surface area contributed by atoms with Crippen molar-refractivity contribution in [1.29, 1.82) is 0 Å². The maximum absolute atomic E-state index is 11.6. The molecule has 0 atom stereocenters. The van der Waals surface area contributed by atoms with Crippen molar-refractivity contribution in [3.05, 3.63) is 35.4 Å². The maximum Gasteiger partial charge on any atom is 0.315 e. The number of nitrogens with one attached hydrogen (secondary N) is 2. The van der Waals surface area contributed by atoms with Crippen LogP contribution in [0.4, 0.5) is 4.79 Å². The van der Waals surface area contributed by atoms with Crippen LogP contribution in [0.3, 0.4) is 0 Å². The van der Waals surface area contributed by atoms with Crippen molar-refractivity contribution in [2.24, 2.45) is 0 Å². The Morgan fingerprint density at radius 2 is 1.85 bits per heavy atom. The van der Waals surface area contributed by atoms with E-state index in [2.05, 4.69) is 33.7 Å². The van der Waals surface area contributed by atoms with Gasteiger partial charge in [-0.1, -0.05) is 31.2 Å². The number of carbonyl (C=O) groups excluding carboxylic acids is 1. The molecule has 0 aliphatic carbocycles. The molecule has 20 heavy (non-hydrogen) atoms. The third-order valence-corrected chi connectivity index (χ3v) is 3.69. The predicted octanol–water partition coefficient (Wildman–Crippen LogP) is 2.49. The minimum atomic E-state index is -0.0807. The third-order valence-electron chi connectivity index (χ3n) is 3.69. The zero-order chi connectivity index (χ0) is 14.2. The zero-order valence-electron chi connectivity index (χ0n) is 12.3. The summed E-state index contributed by atoms with van der Waals surface area (Å²) in [6.45, 7) is 6.75. The molecule has 0 unspecified atom stereocenters. The second-order valence-electron chi connectivity index (χ2n) is 5.36. The van der Waals surface area contributed by atoms with E-state index in [9.17, 15) is 4.79 Å².